The highest BCUT2D eigenvalue weighted by atomic mass is 19.1. The summed E-state index contributed by atoms with van der Waals surface area (Å²) >= 11 is 0. The number of nitrogens with zero attached hydrogens (tertiary/aromatic N) is 1. The number of carbonyl (C=O) groups is 5. The van der Waals surface area contributed by atoms with Crippen LogP contribution in [0.2, 0.25) is 0 Å². The van der Waals surface area contributed by atoms with Crippen LogP contribution in [0.3, 0.4) is 0 Å². The number of aryl methyl sites for hydroxylation is 1. The van der Waals surface area contributed by atoms with Crippen LogP contribution < -0.4 is 21.3 Å². The SMILES string of the molecule is CC(C)[C@H]1NC(=O)[C@@H](C)NC(=O)[C@H](Cc2ccccc2)NC(=O)CCCN(C(=O)CCCc2ccc(F)cc2)CCCNC1=O. The van der Waals surface area contributed by atoms with Crippen molar-refractivity contribution < 1.29 is 28.4 Å². The van der Waals surface area contributed by atoms with Crippen LogP contribution in [-0.2, 0) is 36.8 Å². The molecule has 2 aromatic rings. The second kappa shape index (κ2) is 17.9. The summed E-state index contributed by atoms with van der Waals surface area (Å²) in [5.74, 6) is -2.30. The van der Waals surface area contributed by atoms with E-state index in [0.29, 0.717) is 45.3 Å². The number of amides is 5. The van der Waals surface area contributed by atoms with E-state index < -0.39 is 29.9 Å². The molecule has 1 heterocycles. The van der Waals surface area contributed by atoms with Crippen molar-refractivity contribution in [3.05, 3.63) is 71.5 Å². The van der Waals surface area contributed by atoms with Gasteiger partial charge >= 0.3 is 0 Å². The Bertz CT molecular complexity index is 1290. The maximum absolute atomic E-state index is 13.3. The Balaban J connectivity index is 1.73. The molecule has 45 heavy (non-hydrogen) atoms. The van der Waals surface area contributed by atoms with Crippen molar-refractivity contribution in [3.63, 3.8) is 0 Å². The molecular weight excluding hydrogens is 577 g/mol. The topological polar surface area (TPSA) is 137 Å². The van der Waals surface area contributed by atoms with Crippen molar-refractivity contribution in [1.82, 2.24) is 26.2 Å². The number of hydrogen-bond acceptors (Lipinski definition) is 5. The smallest absolute Gasteiger partial charge is 0.243 e. The largest absolute Gasteiger partial charge is 0.354 e. The van der Waals surface area contributed by atoms with Crippen LogP contribution >= 0.6 is 0 Å². The van der Waals surface area contributed by atoms with E-state index in [0.717, 1.165) is 11.1 Å². The lowest BCUT2D eigenvalue weighted by molar-refractivity contribution is -0.134. The first-order chi connectivity index (χ1) is 21.5. The molecule has 0 saturated carbocycles. The second-order valence-electron chi connectivity index (χ2n) is 11.9. The molecule has 0 unspecified atom stereocenters. The van der Waals surface area contributed by atoms with Crippen LogP contribution in [0.5, 0.6) is 0 Å². The van der Waals surface area contributed by atoms with Crippen molar-refractivity contribution in [2.75, 3.05) is 19.6 Å². The molecule has 0 spiro atoms. The Morgan fingerprint density at radius 3 is 2.24 bits per heavy atom. The third-order valence-corrected chi connectivity index (χ3v) is 7.79. The average molecular weight is 624 g/mol. The number of nitrogens with one attached hydrogen (secondary N) is 4. The van der Waals surface area contributed by atoms with E-state index in [9.17, 15) is 28.4 Å². The number of benzene rings is 2. The molecule has 1 saturated heterocycles. The van der Waals surface area contributed by atoms with E-state index in [1.54, 1.807) is 17.0 Å². The molecule has 11 heteroatoms. The number of rotatable bonds is 7. The molecule has 3 atom stereocenters. The molecule has 4 N–H and O–H groups in total. The summed E-state index contributed by atoms with van der Waals surface area (Å²) in [5, 5.41) is 11.1. The predicted octanol–water partition coefficient (Wildman–Crippen LogP) is 2.65. The second-order valence-corrected chi connectivity index (χ2v) is 11.9. The minimum atomic E-state index is -0.941. The molecule has 1 fully saturated rings. The molecule has 10 nitrogen and oxygen atoms in total. The van der Waals surface area contributed by atoms with Gasteiger partial charge in [-0.25, -0.2) is 4.39 Å². The minimum Gasteiger partial charge on any atom is -0.354 e. The standard InChI is InChI=1S/C34H46FN5O5/c1-23(2)31-34(45)36-19-9-21-40(30(42)14-7-12-25-15-17-27(35)18-16-25)20-8-13-29(41)38-28(22-26-10-5-4-6-11-26)33(44)37-24(3)32(43)39-31/h4-6,10-11,15-18,23-24,28,31H,7-9,12-14,19-22H2,1-3H3,(H,36,45)(H,37,44)(H,38,41)(H,39,43)/t24-,28+,31-/m1/s1. The highest BCUT2D eigenvalue weighted by Gasteiger charge is 2.29. The van der Waals surface area contributed by atoms with Gasteiger partial charge in [0.2, 0.25) is 29.5 Å². The van der Waals surface area contributed by atoms with Gasteiger partial charge in [0.1, 0.15) is 23.9 Å². The van der Waals surface area contributed by atoms with Crippen LogP contribution in [0.15, 0.2) is 54.6 Å². The van der Waals surface area contributed by atoms with E-state index in [-0.39, 0.29) is 48.7 Å². The van der Waals surface area contributed by atoms with Crippen molar-refractivity contribution in [3.8, 4) is 0 Å². The zero-order valence-corrected chi connectivity index (χ0v) is 26.4. The molecule has 0 radical (unpaired) electrons. The monoisotopic (exact) mass is 623 g/mol. The lowest BCUT2D eigenvalue weighted by atomic mass is 10.0. The first kappa shape index (κ1) is 35.2. The zero-order valence-electron chi connectivity index (χ0n) is 26.4. The summed E-state index contributed by atoms with van der Waals surface area (Å²) in [6.07, 6.45) is 2.70. The van der Waals surface area contributed by atoms with Crippen molar-refractivity contribution in [1.29, 1.82) is 0 Å². The summed E-state index contributed by atoms with van der Waals surface area (Å²) in [6, 6.07) is 12.8. The fourth-order valence-electron chi connectivity index (χ4n) is 5.15. The first-order valence-corrected chi connectivity index (χ1v) is 15.8. The molecule has 2 aromatic carbocycles. The molecule has 0 aromatic heterocycles. The fourth-order valence-corrected chi connectivity index (χ4v) is 5.15. The van der Waals surface area contributed by atoms with Gasteiger partial charge in [0.05, 0.1) is 0 Å². The van der Waals surface area contributed by atoms with Gasteiger partial charge in [-0.3, -0.25) is 24.0 Å². The van der Waals surface area contributed by atoms with Crippen LogP contribution in [0, 0.1) is 11.7 Å². The summed E-state index contributed by atoms with van der Waals surface area (Å²) in [7, 11) is 0. The van der Waals surface area contributed by atoms with Gasteiger partial charge in [-0.05, 0) is 61.8 Å². The molecule has 5 amide bonds. The van der Waals surface area contributed by atoms with Crippen molar-refractivity contribution in [2.24, 2.45) is 5.92 Å². The van der Waals surface area contributed by atoms with Crippen LogP contribution in [-0.4, -0.2) is 72.2 Å². The molecule has 0 bridgehead atoms. The van der Waals surface area contributed by atoms with Crippen molar-refractivity contribution >= 4 is 29.5 Å². The summed E-state index contributed by atoms with van der Waals surface area (Å²) in [4.78, 5) is 67.2. The highest BCUT2D eigenvalue weighted by molar-refractivity contribution is 5.94. The Morgan fingerprint density at radius 1 is 0.867 bits per heavy atom. The Kier molecular flexibility index (Phi) is 14.0. The van der Waals surface area contributed by atoms with Crippen LogP contribution in [0.4, 0.5) is 4.39 Å². The summed E-state index contributed by atoms with van der Waals surface area (Å²) < 4.78 is 13.2. The van der Waals surface area contributed by atoms with E-state index in [2.05, 4.69) is 21.3 Å². The lowest BCUT2D eigenvalue weighted by Gasteiger charge is -2.26. The quantitative estimate of drug-likeness (QED) is 0.376. The predicted molar refractivity (Wildman–Crippen MR) is 169 cm³/mol. The number of carbonyl (C=O) groups excluding carboxylic acids is 5. The lowest BCUT2D eigenvalue weighted by Crippen LogP contribution is -2.57. The molecule has 1 aliphatic heterocycles. The van der Waals surface area contributed by atoms with Gasteiger partial charge in [0.25, 0.3) is 0 Å². The van der Waals surface area contributed by atoms with Crippen LogP contribution in [0.25, 0.3) is 0 Å². The van der Waals surface area contributed by atoms with Gasteiger partial charge in [-0.1, -0.05) is 56.3 Å². The number of halogens is 1. The average Bonchev–Trinajstić information content (AvgIpc) is 3.01. The Hall–Kier alpha value is -4.28. The normalized spacial score (nSPS) is 21.2. The zero-order chi connectivity index (χ0) is 32.8. The maximum atomic E-state index is 13.3. The van der Waals surface area contributed by atoms with E-state index in [1.165, 1.54) is 19.1 Å². The third-order valence-electron chi connectivity index (χ3n) is 7.79. The van der Waals surface area contributed by atoms with Crippen molar-refractivity contribution in [2.45, 2.75) is 83.8 Å². The number of hydrogen-bond donors (Lipinski definition) is 4. The molecule has 3 rings (SSSR count). The van der Waals surface area contributed by atoms with Gasteiger partial charge in [-0.2, -0.15) is 0 Å². The Morgan fingerprint density at radius 2 is 1.56 bits per heavy atom. The molecule has 1 aliphatic rings. The van der Waals surface area contributed by atoms with E-state index >= 15 is 0 Å². The summed E-state index contributed by atoms with van der Waals surface area (Å²) in [5.41, 5.74) is 1.78. The van der Waals surface area contributed by atoms with E-state index in [4.69, 9.17) is 0 Å². The first-order valence-electron chi connectivity index (χ1n) is 15.8. The fraction of sp³-hybridized carbons (Fsp3) is 0.500. The highest BCUT2D eigenvalue weighted by Crippen LogP contribution is 2.11. The van der Waals surface area contributed by atoms with Gasteiger partial charge < -0.3 is 26.2 Å². The summed E-state index contributed by atoms with van der Waals surface area (Å²) in [6.45, 7) is 6.19. The molecule has 244 valence electrons. The minimum absolute atomic E-state index is 0.0686. The van der Waals surface area contributed by atoms with Gasteiger partial charge in [0.15, 0.2) is 0 Å². The van der Waals surface area contributed by atoms with Gasteiger partial charge in [-0.15, -0.1) is 0 Å². The molecule has 0 aliphatic carbocycles. The Labute approximate surface area is 264 Å². The third kappa shape index (κ3) is 12.0. The molecular formula is C34H46FN5O5. The maximum Gasteiger partial charge on any atom is 0.243 e. The van der Waals surface area contributed by atoms with E-state index in [1.807, 2.05) is 44.2 Å². The van der Waals surface area contributed by atoms with Gasteiger partial charge in [0, 0.05) is 38.9 Å². The van der Waals surface area contributed by atoms with Crippen LogP contribution in [0.1, 0.15) is 64.0 Å².